The van der Waals surface area contributed by atoms with Crippen molar-refractivity contribution in [3.8, 4) is 0 Å². The fraction of sp³-hybridized carbons (Fsp3) is 0.500. The van der Waals surface area contributed by atoms with E-state index in [9.17, 15) is 16.8 Å². The van der Waals surface area contributed by atoms with E-state index >= 15 is 0 Å². The summed E-state index contributed by atoms with van der Waals surface area (Å²) < 4.78 is 47.7. The molecule has 0 heterocycles. The van der Waals surface area contributed by atoms with Gasteiger partial charge < -0.3 is 5.73 Å². The molecule has 0 aromatic heterocycles. The van der Waals surface area contributed by atoms with E-state index in [0.717, 1.165) is 11.2 Å². The third kappa shape index (κ3) is 8.30. The minimum atomic E-state index is -3.39. The summed E-state index contributed by atoms with van der Waals surface area (Å²) in [6, 6.07) is 7.27. The molecule has 0 unspecified atom stereocenters. The highest BCUT2D eigenvalue weighted by Gasteiger charge is 2.11. The van der Waals surface area contributed by atoms with E-state index in [4.69, 9.17) is 5.73 Å². The van der Waals surface area contributed by atoms with Crippen LogP contribution in [0.3, 0.4) is 0 Å². The molecule has 3 N–H and O–H groups in total. The minimum absolute atomic E-state index is 0.0230. The summed E-state index contributed by atoms with van der Waals surface area (Å²) >= 11 is 1.38. The van der Waals surface area contributed by atoms with Crippen LogP contribution in [0.5, 0.6) is 0 Å². The summed E-state index contributed by atoms with van der Waals surface area (Å²) in [5, 5.41) is 0. The minimum Gasteiger partial charge on any atom is -0.398 e. The number of nitrogen functional groups attached to an aromatic ring is 1. The number of thioether (sulfide) groups is 1. The molecule has 0 spiro atoms. The molecule has 9 heteroatoms. The Balaban J connectivity index is 2.32. The maximum absolute atomic E-state index is 11.7. The Morgan fingerprint density at radius 3 is 2.43 bits per heavy atom. The first-order valence-electron chi connectivity index (χ1n) is 6.32. The fourth-order valence-electron chi connectivity index (χ4n) is 1.51. The van der Waals surface area contributed by atoms with Gasteiger partial charge in [0.25, 0.3) is 0 Å². The van der Waals surface area contributed by atoms with Gasteiger partial charge in [-0.25, -0.2) is 21.6 Å². The van der Waals surface area contributed by atoms with Crippen molar-refractivity contribution in [1.82, 2.24) is 4.72 Å². The third-order valence-electron chi connectivity index (χ3n) is 2.54. The number of sulfonamides is 1. The van der Waals surface area contributed by atoms with E-state index < -0.39 is 19.9 Å². The molecular weight excluding hydrogens is 332 g/mol. The van der Waals surface area contributed by atoms with Crippen molar-refractivity contribution >= 4 is 37.3 Å². The zero-order chi connectivity index (χ0) is 15.9. The van der Waals surface area contributed by atoms with Crippen LogP contribution in [0.25, 0.3) is 0 Å². The van der Waals surface area contributed by atoms with Gasteiger partial charge in [0.15, 0.2) is 0 Å². The van der Waals surface area contributed by atoms with Gasteiger partial charge in [0.2, 0.25) is 10.0 Å². The van der Waals surface area contributed by atoms with Crippen molar-refractivity contribution in [3.05, 3.63) is 24.3 Å². The molecule has 0 fully saturated rings. The summed E-state index contributed by atoms with van der Waals surface area (Å²) in [5.41, 5.74) is 6.39. The highest BCUT2D eigenvalue weighted by molar-refractivity contribution is 8.00. The quantitative estimate of drug-likeness (QED) is 0.385. The van der Waals surface area contributed by atoms with E-state index in [2.05, 4.69) is 4.72 Å². The Morgan fingerprint density at radius 2 is 1.81 bits per heavy atom. The molecule has 120 valence electrons. The predicted molar refractivity (Wildman–Crippen MR) is 87.7 cm³/mol. The second-order valence-corrected chi connectivity index (χ2v) is 9.91. The number of sulfone groups is 1. The number of hydrogen-bond acceptors (Lipinski definition) is 6. The Morgan fingerprint density at radius 1 is 1.14 bits per heavy atom. The van der Waals surface area contributed by atoms with Crippen LogP contribution >= 0.6 is 11.8 Å². The maximum Gasteiger partial charge on any atom is 0.212 e. The molecule has 0 aliphatic rings. The summed E-state index contributed by atoms with van der Waals surface area (Å²) in [5.74, 6) is 0.325. The van der Waals surface area contributed by atoms with E-state index in [1.165, 1.54) is 11.8 Å². The predicted octanol–water partition coefficient (Wildman–Crippen LogP) is 0.715. The number of rotatable bonds is 9. The smallest absolute Gasteiger partial charge is 0.212 e. The zero-order valence-corrected chi connectivity index (χ0v) is 14.2. The number of benzene rings is 1. The summed E-state index contributed by atoms with van der Waals surface area (Å²) in [7, 11) is -6.44. The van der Waals surface area contributed by atoms with E-state index in [1.807, 2.05) is 18.2 Å². The largest absolute Gasteiger partial charge is 0.398 e. The average Bonchev–Trinajstić information content (AvgIpc) is 2.36. The van der Waals surface area contributed by atoms with Gasteiger partial charge in [-0.3, -0.25) is 0 Å². The molecule has 0 amide bonds. The lowest BCUT2D eigenvalue weighted by Gasteiger charge is -2.07. The SMILES string of the molecule is CS(=O)(=O)CCCNS(=O)(=O)CCSc1ccccc1N. The molecule has 1 rings (SSSR count). The zero-order valence-electron chi connectivity index (χ0n) is 11.8. The van der Waals surface area contributed by atoms with Crippen molar-refractivity contribution in [2.45, 2.75) is 11.3 Å². The maximum atomic E-state index is 11.7. The van der Waals surface area contributed by atoms with Gasteiger partial charge in [0.1, 0.15) is 9.84 Å². The van der Waals surface area contributed by atoms with Gasteiger partial charge >= 0.3 is 0 Å². The molecule has 0 aliphatic heterocycles. The third-order valence-corrected chi connectivity index (χ3v) is 6.31. The Hall–Kier alpha value is -0.770. The van der Waals surface area contributed by atoms with Crippen LogP contribution in [0.15, 0.2) is 29.2 Å². The Bertz CT molecular complexity index is 657. The van der Waals surface area contributed by atoms with E-state index in [1.54, 1.807) is 6.07 Å². The van der Waals surface area contributed by atoms with Crippen molar-refractivity contribution in [2.24, 2.45) is 0 Å². The summed E-state index contributed by atoms with van der Waals surface area (Å²) in [6.07, 6.45) is 1.40. The van der Waals surface area contributed by atoms with Gasteiger partial charge in [0, 0.05) is 29.1 Å². The van der Waals surface area contributed by atoms with Crippen LogP contribution in [-0.2, 0) is 19.9 Å². The van der Waals surface area contributed by atoms with Gasteiger partial charge in [-0.15, -0.1) is 11.8 Å². The molecule has 0 bridgehead atoms. The normalized spacial score (nSPS) is 12.4. The van der Waals surface area contributed by atoms with Gasteiger partial charge in [-0.1, -0.05) is 12.1 Å². The summed E-state index contributed by atoms with van der Waals surface area (Å²) in [6.45, 7) is 0.132. The van der Waals surface area contributed by atoms with Crippen LogP contribution < -0.4 is 10.5 Å². The second-order valence-electron chi connectivity index (χ2n) is 4.58. The fourth-order valence-corrected chi connectivity index (χ4v) is 4.62. The topological polar surface area (TPSA) is 106 Å². The first-order chi connectivity index (χ1) is 9.70. The molecule has 1 aromatic rings. The Kier molecular flexibility index (Phi) is 6.98. The van der Waals surface area contributed by atoms with Crippen molar-refractivity contribution in [1.29, 1.82) is 0 Å². The van der Waals surface area contributed by atoms with Gasteiger partial charge in [0.05, 0.1) is 11.5 Å². The first-order valence-corrected chi connectivity index (χ1v) is 11.0. The molecule has 0 aliphatic carbocycles. The van der Waals surface area contributed by atoms with E-state index in [0.29, 0.717) is 11.4 Å². The summed E-state index contributed by atoms with van der Waals surface area (Å²) in [4.78, 5) is 0.852. The molecule has 0 radical (unpaired) electrons. The number of anilines is 1. The van der Waals surface area contributed by atoms with E-state index in [-0.39, 0.29) is 24.5 Å². The van der Waals surface area contributed by atoms with Crippen LogP contribution in [0.2, 0.25) is 0 Å². The highest BCUT2D eigenvalue weighted by Crippen LogP contribution is 2.24. The average molecular weight is 353 g/mol. The lowest BCUT2D eigenvalue weighted by Crippen LogP contribution is -2.29. The monoisotopic (exact) mass is 352 g/mol. The number of hydrogen-bond donors (Lipinski definition) is 2. The molecule has 1 aromatic carbocycles. The Labute approximate surface area is 130 Å². The number of para-hydroxylation sites is 1. The highest BCUT2D eigenvalue weighted by atomic mass is 32.2. The van der Waals surface area contributed by atoms with Crippen LogP contribution in [0.4, 0.5) is 5.69 Å². The van der Waals surface area contributed by atoms with Crippen molar-refractivity contribution < 1.29 is 16.8 Å². The number of nitrogens with one attached hydrogen (secondary N) is 1. The van der Waals surface area contributed by atoms with Crippen LogP contribution in [-0.4, -0.2) is 46.9 Å². The molecule has 21 heavy (non-hydrogen) atoms. The van der Waals surface area contributed by atoms with Gasteiger partial charge in [-0.2, -0.15) is 0 Å². The molecule has 0 saturated heterocycles. The van der Waals surface area contributed by atoms with Crippen LogP contribution in [0.1, 0.15) is 6.42 Å². The molecule has 6 nitrogen and oxygen atoms in total. The molecular formula is C12H20N2O4S3. The molecule has 0 saturated carbocycles. The lowest BCUT2D eigenvalue weighted by molar-refractivity contribution is 0.578. The van der Waals surface area contributed by atoms with Crippen molar-refractivity contribution in [3.63, 3.8) is 0 Å². The number of nitrogens with two attached hydrogens (primary N) is 1. The van der Waals surface area contributed by atoms with Crippen LogP contribution in [0, 0.1) is 0 Å². The van der Waals surface area contributed by atoms with Crippen molar-refractivity contribution in [2.75, 3.05) is 35.8 Å². The molecule has 0 atom stereocenters. The standard InChI is InChI=1S/C12H20N2O4S3/c1-20(15,16)9-4-7-14-21(17,18)10-8-19-12-6-3-2-5-11(12)13/h2-3,5-6,14H,4,7-10,13H2,1H3. The first kappa shape index (κ1) is 18.3. The second kappa shape index (κ2) is 8.02. The lowest BCUT2D eigenvalue weighted by atomic mass is 10.3. The van der Waals surface area contributed by atoms with Gasteiger partial charge in [-0.05, 0) is 18.6 Å².